The molecule has 0 fully saturated rings. The number of hydrogen-bond acceptors (Lipinski definition) is 2. The van der Waals surface area contributed by atoms with Gasteiger partial charge in [-0.1, -0.05) is 30.3 Å². The topological polar surface area (TPSA) is 29.5 Å². The van der Waals surface area contributed by atoms with Crippen molar-refractivity contribution in [3.8, 4) is 5.75 Å². The summed E-state index contributed by atoms with van der Waals surface area (Å²) in [5.41, 5.74) is 4.43. The number of aliphatic hydroxyl groups is 1. The highest BCUT2D eigenvalue weighted by Crippen LogP contribution is 2.25. The van der Waals surface area contributed by atoms with Gasteiger partial charge < -0.3 is 9.84 Å². The lowest BCUT2D eigenvalue weighted by Gasteiger charge is -2.16. The van der Waals surface area contributed by atoms with Crippen LogP contribution in [0.3, 0.4) is 0 Å². The Labute approximate surface area is 114 Å². The fourth-order valence-electron chi connectivity index (χ4n) is 2.44. The molecule has 0 amide bonds. The van der Waals surface area contributed by atoms with Crippen LogP contribution in [0.4, 0.5) is 0 Å². The summed E-state index contributed by atoms with van der Waals surface area (Å²) in [5.74, 6) is 0.838. The van der Waals surface area contributed by atoms with Gasteiger partial charge in [-0.25, -0.2) is 0 Å². The van der Waals surface area contributed by atoms with Gasteiger partial charge in [0.2, 0.25) is 0 Å². The standard InChI is InChI=1S/C17H20O2/c1-12-5-4-6-13(2)17(12)16(18)11-14-7-9-15(19-3)10-8-14/h4-10,16,18H,11H2,1-3H3. The van der Waals surface area contributed by atoms with Crippen LogP contribution in [0.5, 0.6) is 5.75 Å². The van der Waals surface area contributed by atoms with Gasteiger partial charge in [0.05, 0.1) is 13.2 Å². The van der Waals surface area contributed by atoms with E-state index in [1.54, 1.807) is 7.11 Å². The molecule has 1 atom stereocenters. The van der Waals surface area contributed by atoms with Gasteiger partial charge in [0, 0.05) is 6.42 Å². The molecule has 0 aromatic heterocycles. The maximum Gasteiger partial charge on any atom is 0.118 e. The van der Waals surface area contributed by atoms with Crippen molar-refractivity contribution in [3.05, 3.63) is 64.7 Å². The molecule has 1 unspecified atom stereocenters. The van der Waals surface area contributed by atoms with E-state index in [4.69, 9.17) is 4.74 Å². The number of aliphatic hydroxyl groups excluding tert-OH is 1. The SMILES string of the molecule is COc1ccc(CC(O)c2c(C)cccc2C)cc1. The molecule has 2 aromatic rings. The molecule has 2 nitrogen and oxygen atoms in total. The summed E-state index contributed by atoms with van der Waals surface area (Å²) in [7, 11) is 1.65. The maximum absolute atomic E-state index is 10.4. The van der Waals surface area contributed by atoms with Crippen LogP contribution >= 0.6 is 0 Å². The van der Waals surface area contributed by atoms with E-state index in [2.05, 4.69) is 0 Å². The molecule has 2 heteroatoms. The minimum Gasteiger partial charge on any atom is -0.497 e. The molecular weight excluding hydrogens is 236 g/mol. The second-order valence-electron chi connectivity index (χ2n) is 4.87. The first-order valence-electron chi connectivity index (χ1n) is 6.49. The Morgan fingerprint density at radius 1 is 1.00 bits per heavy atom. The highest BCUT2D eigenvalue weighted by molar-refractivity contribution is 5.37. The quantitative estimate of drug-likeness (QED) is 0.906. The first-order valence-corrected chi connectivity index (χ1v) is 6.49. The minimum atomic E-state index is -0.463. The van der Waals surface area contributed by atoms with E-state index >= 15 is 0 Å². The van der Waals surface area contributed by atoms with E-state index in [-0.39, 0.29) is 0 Å². The molecule has 19 heavy (non-hydrogen) atoms. The van der Waals surface area contributed by atoms with Crippen molar-refractivity contribution in [1.82, 2.24) is 0 Å². The minimum absolute atomic E-state index is 0.463. The first-order chi connectivity index (χ1) is 9.11. The smallest absolute Gasteiger partial charge is 0.118 e. The number of ether oxygens (including phenoxy) is 1. The Morgan fingerprint density at radius 2 is 1.58 bits per heavy atom. The Kier molecular flexibility index (Phi) is 4.23. The molecule has 100 valence electrons. The molecule has 0 aliphatic rings. The van der Waals surface area contributed by atoms with Gasteiger partial charge in [0.1, 0.15) is 5.75 Å². The number of methoxy groups -OCH3 is 1. The van der Waals surface area contributed by atoms with Crippen LogP contribution in [0.15, 0.2) is 42.5 Å². The van der Waals surface area contributed by atoms with E-state index in [0.717, 1.165) is 28.0 Å². The Bertz CT molecular complexity index is 523. The summed E-state index contributed by atoms with van der Waals surface area (Å²) in [4.78, 5) is 0. The molecule has 0 aliphatic heterocycles. The Morgan fingerprint density at radius 3 is 2.11 bits per heavy atom. The number of hydrogen-bond donors (Lipinski definition) is 1. The summed E-state index contributed by atoms with van der Waals surface area (Å²) in [5, 5.41) is 10.4. The van der Waals surface area contributed by atoms with E-state index in [9.17, 15) is 5.11 Å². The summed E-state index contributed by atoms with van der Waals surface area (Å²) >= 11 is 0. The molecule has 2 rings (SSSR count). The van der Waals surface area contributed by atoms with Gasteiger partial charge in [-0.3, -0.25) is 0 Å². The zero-order valence-corrected chi connectivity index (χ0v) is 11.7. The third kappa shape index (κ3) is 3.15. The van der Waals surface area contributed by atoms with Gasteiger partial charge in [-0.2, -0.15) is 0 Å². The van der Waals surface area contributed by atoms with Crippen molar-refractivity contribution in [3.63, 3.8) is 0 Å². The molecular formula is C17H20O2. The third-order valence-electron chi connectivity index (χ3n) is 3.46. The van der Waals surface area contributed by atoms with Crippen molar-refractivity contribution in [1.29, 1.82) is 0 Å². The van der Waals surface area contributed by atoms with E-state index < -0.39 is 6.10 Å². The molecule has 0 saturated heterocycles. The van der Waals surface area contributed by atoms with Crippen molar-refractivity contribution in [2.75, 3.05) is 7.11 Å². The zero-order chi connectivity index (χ0) is 13.8. The monoisotopic (exact) mass is 256 g/mol. The van der Waals surface area contributed by atoms with Crippen LogP contribution in [0.1, 0.15) is 28.4 Å². The number of rotatable bonds is 4. The lowest BCUT2D eigenvalue weighted by molar-refractivity contribution is 0.177. The van der Waals surface area contributed by atoms with Crippen LogP contribution in [0.25, 0.3) is 0 Å². The van der Waals surface area contributed by atoms with Gasteiger partial charge in [-0.15, -0.1) is 0 Å². The molecule has 0 spiro atoms. The Hall–Kier alpha value is -1.80. The largest absolute Gasteiger partial charge is 0.497 e. The van der Waals surface area contributed by atoms with Crippen molar-refractivity contribution in [2.24, 2.45) is 0 Å². The normalized spacial score (nSPS) is 12.2. The van der Waals surface area contributed by atoms with Gasteiger partial charge in [0.15, 0.2) is 0 Å². The molecule has 2 aromatic carbocycles. The fourth-order valence-corrected chi connectivity index (χ4v) is 2.44. The molecule has 0 bridgehead atoms. The molecule has 0 aliphatic carbocycles. The van der Waals surface area contributed by atoms with E-state index in [0.29, 0.717) is 6.42 Å². The zero-order valence-electron chi connectivity index (χ0n) is 11.7. The van der Waals surface area contributed by atoms with Crippen LogP contribution < -0.4 is 4.74 Å². The van der Waals surface area contributed by atoms with E-state index in [1.807, 2.05) is 56.3 Å². The average Bonchev–Trinajstić information content (AvgIpc) is 2.39. The maximum atomic E-state index is 10.4. The second kappa shape index (κ2) is 5.89. The van der Waals surface area contributed by atoms with Gasteiger partial charge in [0.25, 0.3) is 0 Å². The Balaban J connectivity index is 2.18. The third-order valence-corrected chi connectivity index (χ3v) is 3.46. The second-order valence-corrected chi connectivity index (χ2v) is 4.87. The van der Waals surface area contributed by atoms with Crippen molar-refractivity contribution < 1.29 is 9.84 Å². The van der Waals surface area contributed by atoms with Gasteiger partial charge in [-0.05, 0) is 48.2 Å². The predicted octanol–water partition coefficient (Wildman–Crippen LogP) is 3.59. The number of aryl methyl sites for hydroxylation is 2. The summed E-state index contributed by atoms with van der Waals surface area (Å²) in [6.45, 7) is 4.08. The summed E-state index contributed by atoms with van der Waals surface area (Å²) in [6.07, 6.45) is 0.157. The lowest BCUT2D eigenvalue weighted by Crippen LogP contribution is -2.06. The molecule has 1 N–H and O–H groups in total. The van der Waals surface area contributed by atoms with Gasteiger partial charge >= 0.3 is 0 Å². The average molecular weight is 256 g/mol. The summed E-state index contributed by atoms with van der Waals surface area (Å²) < 4.78 is 5.13. The lowest BCUT2D eigenvalue weighted by atomic mass is 9.94. The van der Waals surface area contributed by atoms with Crippen LogP contribution in [0, 0.1) is 13.8 Å². The highest BCUT2D eigenvalue weighted by atomic mass is 16.5. The molecule has 0 radical (unpaired) electrons. The van der Waals surface area contributed by atoms with Crippen LogP contribution in [-0.4, -0.2) is 12.2 Å². The predicted molar refractivity (Wildman–Crippen MR) is 77.6 cm³/mol. The highest BCUT2D eigenvalue weighted by Gasteiger charge is 2.13. The van der Waals surface area contributed by atoms with Crippen molar-refractivity contribution >= 4 is 0 Å². The fraction of sp³-hybridized carbons (Fsp3) is 0.294. The van der Waals surface area contributed by atoms with Crippen LogP contribution in [0.2, 0.25) is 0 Å². The van der Waals surface area contributed by atoms with E-state index in [1.165, 1.54) is 0 Å². The summed E-state index contributed by atoms with van der Waals surface area (Å²) in [6, 6.07) is 13.9. The molecule has 0 saturated carbocycles. The number of benzene rings is 2. The van der Waals surface area contributed by atoms with Crippen molar-refractivity contribution in [2.45, 2.75) is 26.4 Å². The van der Waals surface area contributed by atoms with Crippen LogP contribution in [-0.2, 0) is 6.42 Å². The first kappa shape index (κ1) is 13.6. The molecule has 0 heterocycles.